The van der Waals surface area contributed by atoms with Crippen molar-refractivity contribution in [1.82, 2.24) is 0 Å². The highest BCUT2D eigenvalue weighted by atomic mass is 16.5. The number of benzene rings is 2. The molecule has 0 spiro atoms. The molecule has 2 rings (SSSR count). The molecule has 0 aliphatic rings. The monoisotopic (exact) mass is 258 g/mol. The molecule has 19 heavy (non-hydrogen) atoms. The Labute approximate surface area is 113 Å². The smallest absolute Gasteiger partial charge is 0.125 e. The molecule has 2 aromatic carbocycles. The summed E-state index contributed by atoms with van der Waals surface area (Å²) in [6, 6.07) is 12.6. The minimum atomic E-state index is -0.560. The Morgan fingerprint density at radius 1 is 1.11 bits per heavy atom. The standard InChI is InChI=1S/C16H18O3/c1-11-3-8-15(12(2)17)16(9-11)19-10-13-4-6-14(18)7-5-13/h3-9,12,17-18H,10H2,1-2H3/t12-/m1/s1. The van der Waals surface area contributed by atoms with Crippen molar-refractivity contribution in [3.63, 3.8) is 0 Å². The summed E-state index contributed by atoms with van der Waals surface area (Å²) < 4.78 is 5.76. The Morgan fingerprint density at radius 3 is 2.42 bits per heavy atom. The van der Waals surface area contributed by atoms with Crippen LogP contribution in [0.1, 0.15) is 29.7 Å². The van der Waals surface area contributed by atoms with Gasteiger partial charge in [0.15, 0.2) is 0 Å². The van der Waals surface area contributed by atoms with E-state index in [-0.39, 0.29) is 5.75 Å². The molecule has 3 nitrogen and oxygen atoms in total. The summed E-state index contributed by atoms with van der Waals surface area (Å²) in [6.45, 7) is 4.11. The molecule has 0 heterocycles. The van der Waals surface area contributed by atoms with E-state index in [0.717, 1.165) is 16.7 Å². The number of hydrogen-bond acceptors (Lipinski definition) is 3. The molecule has 0 saturated heterocycles. The number of hydrogen-bond donors (Lipinski definition) is 2. The molecule has 2 N–H and O–H groups in total. The van der Waals surface area contributed by atoms with Gasteiger partial charge >= 0.3 is 0 Å². The van der Waals surface area contributed by atoms with E-state index in [4.69, 9.17) is 4.74 Å². The number of aryl methyl sites for hydroxylation is 1. The van der Waals surface area contributed by atoms with E-state index in [1.54, 1.807) is 19.1 Å². The molecule has 0 amide bonds. The van der Waals surface area contributed by atoms with Crippen molar-refractivity contribution in [2.75, 3.05) is 0 Å². The molecule has 0 aliphatic carbocycles. The van der Waals surface area contributed by atoms with Crippen LogP contribution in [0.5, 0.6) is 11.5 Å². The van der Waals surface area contributed by atoms with E-state index >= 15 is 0 Å². The minimum absolute atomic E-state index is 0.240. The van der Waals surface area contributed by atoms with Gasteiger partial charge in [-0.25, -0.2) is 0 Å². The first-order valence-corrected chi connectivity index (χ1v) is 6.25. The van der Waals surface area contributed by atoms with E-state index in [0.29, 0.717) is 12.4 Å². The number of aromatic hydroxyl groups is 1. The first-order valence-electron chi connectivity index (χ1n) is 6.25. The molecule has 0 unspecified atom stereocenters. The summed E-state index contributed by atoms with van der Waals surface area (Å²) in [5.74, 6) is 0.937. The number of aliphatic hydroxyl groups is 1. The summed E-state index contributed by atoms with van der Waals surface area (Å²) >= 11 is 0. The maximum absolute atomic E-state index is 9.72. The molecule has 0 aromatic heterocycles. The van der Waals surface area contributed by atoms with Gasteiger partial charge in [0.25, 0.3) is 0 Å². The predicted molar refractivity (Wildman–Crippen MR) is 74.3 cm³/mol. The van der Waals surface area contributed by atoms with Crippen LogP contribution >= 0.6 is 0 Å². The van der Waals surface area contributed by atoms with Gasteiger partial charge in [0.1, 0.15) is 18.1 Å². The Balaban J connectivity index is 2.14. The van der Waals surface area contributed by atoms with Gasteiger partial charge in [-0.15, -0.1) is 0 Å². The third-order valence-electron chi connectivity index (χ3n) is 2.95. The fraction of sp³-hybridized carbons (Fsp3) is 0.250. The van der Waals surface area contributed by atoms with Gasteiger partial charge in [-0.05, 0) is 43.2 Å². The summed E-state index contributed by atoms with van der Waals surface area (Å²) in [7, 11) is 0. The molecular weight excluding hydrogens is 240 g/mol. The Kier molecular flexibility index (Phi) is 4.07. The second-order valence-electron chi connectivity index (χ2n) is 4.67. The molecule has 100 valence electrons. The summed E-state index contributed by atoms with van der Waals surface area (Å²) in [5.41, 5.74) is 2.84. The number of ether oxygens (including phenoxy) is 1. The molecule has 2 aromatic rings. The van der Waals surface area contributed by atoms with Gasteiger partial charge in [0.05, 0.1) is 6.10 Å². The molecule has 0 fully saturated rings. The van der Waals surface area contributed by atoms with Crippen LogP contribution in [0.3, 0.4) is 0 Å². The highest BCUT2D eigenvalue weighted by Gasteiger charge is 2.09. The summed E-state index contributed by atoms with van der Waals surface area (Å²) in [4.78, 5) is 0. The lowest BCUT2D eigenvalue weighted by molar-refractivity contribution is 0.190. The number of phenols is 1. The van der Waals surface area contributed by atoms with E-state index in [2.05, 4.69) is 0 Å². The van der Waals surface area contributed by atoms with Crippen LogP contribution < -0.4 is 4.74 Å². The number of aliphatic hydroxyl groups excluding tert-OH is 1. The zero-order valence-corrected chi connectivity index (χ0v) is 11.1. The van der Waals surface area contributed by atoms with Crippen molar-refractivity contribution in [1.29, 1.82) is 0 Å². The van der Waals surface area contributed by atoms with E-state index in [9.17, 15) is 10.2 Å². The van der Waals surface area contributed by atoms with Gasteiger partial charge < -0.3 is 14.9 Å². The van der Waals surface area contributed by atoms with Gasteiger partial charge in [-0.3, -0.25) is 0 Å². The quantitative estimate of drug-likeness (QED) is 0.884. The molecule has 0 bridgehead atoms. The number of rotatable bonds is 4. The lowest BCUT2D eigenvalue weighted by Gasteiger charge is -2.14. The van der Waals surface area contributed by atoms with Crippen molar-refractivity contribution >= 4 is 0 Å². The minimum Gasteiger partial charge on any atom is -0.508 e. The van der Waals surface area contributed by atoms with Crippen molar-refractivity contribution in [3.8, 4) is 11.5 Å². The maximum atomic E-state index is 9.72. The zero-order valence-electron chi connectivity index (χ0n) is 11.1. The van der Waals surface area contributed by atoms with Crippen LogP contribution in [-0.4, -0.2) is 10.2 Å². The topological polar surface area (TPSA) is 49.7 Å². The van der Waals surface area contributed by atoms with Crippen LogP contribution in [0.15, 0.2) is 42.5 Å². The van der Waals surface area contributed by atoms with Crippen LogP contribution in [0.25, 0.3) is 0 Å². The molecular formula is C16H18O3. The van der Waals surface area contributed by atoms with Crippen LogP contribution in [0.2, 0.25) is 0 Å². The van der Waals surface area contributed by atoms with Crippen molar-refractivity contribution in [3.05, 3.63) is 59.2 Å². The highest BCUT2D eigenvalue weighted by molar-refractivity contribution is 5.38. The van der Waals surface area contributed by atoms with Gasteiger partial charge in [0, 0.05) is 5.56 Å². The fourth-order valence-electron chi connectivity index (χ4n) is 1.86. The SMILES string of the molecule is Cc1ccc([C@@H](C)O)c(OCc2ccc(O)cc2)c1. The van der Waals surface area contributed by atoms with Crippen LogP contribution in [0.4, 0.5) is 0 Å². The zero-order chi connectivity index (χ0) is 13.8. The highest BCUT2D eigenvalue weighted by Crippen LogP contribution is 2.27. The first-order chi connectivity index (χ1) is 9.06. The largest absolute Gasteiger partial charge is 0.508 e. The molecule has 1 atom stereocenters. The van der Waals surface area contributed by atoms with Crippen molar-refractivity contribution in [2.45, 2.75) is 26.6 Å². The first kappa shape index (κ1) is 13.4. The Hall–Kier alpha value is -2.00. The van der Waals surface area contributed by atoms with Crippen LogP contribution in [0, 0.1) is 6.92 Å². The van der Waals surface area contributed by atoms with Gasteiger partial charge in [-0.2, -0.15) is 0 Å². The average molecular weight is 258 g/mol. The average Bonchev–Trinajstić information content (AvgIpc) is 2.38. The summed E-state index contributed by atoms with van der Waals surface area (Å²) in [5, 5.41) is 18.9. The lowest BCUT2D eigenvalue weighted by atomic mass is 10.1. The van der Waals surface area contributed by atoms with E-state index < -0.39 is 6.10 Å². The predicted octanol–water partition coefficient (Wildman–Crippen LogP) is 3.33. The fourth-order valence-corrected chi connectivity index (χ4v) is 1.86. The molecule has 0 saturated carbocycles. The van der Waals surface area contributed by atoms with Gasteiger partial charge in [-0.1, -0.05) is 24.3 Å². The molecule has 3 heteroatoms. The maximum Gasteiger partial charge on any atom is 0.125 e. The third-order valence-corrected chi connectivity index (χ3v) is 2.95. The molecule has 0 aliphatic heterocycles. The van der Waals surface area contributed by atoms with Crippen LogP contribution in [-0.2, 0) is 6.61 Å². The van der Waals surface area contributed by atoms with Gasteiger partial charge in [0.2, 0.25) is 0 Å². The lowest BCUT2D eigenvalue weighted by Crippen LogP contribution is -2.01. The second-order valence-corrected chi connectivity index (χ2v) is 4.67. The van der Waals surface area contributed by atoms with Crippen molar-refractivity contribution in [2.24, 2.45) is 0 Å². The van der Waals surface area contributed by atoms with E-state index in [1.807, 2.05) is 37.3 Å². The van der Waals surface area contributed by atoms with Crippen molar-refractivity contribution < 1.29 is 14.9 Å². The Bertz CT molecular complexity index is 544. The molecule has 0 radical (unpaired) electrons. The van der Waals surface area contributed by atoms with E-state index in [1.165, 1.54) is 0 Å². The second kappa shape index (κ2) is 5.76. The third kappa shape index (κ3) is 3.48. The normalized spacial score (nSPS) is 12.2. The number of phenolic OH excluding ortho intramolecular Hbond substituents is 1. The Morgan fingerprint density at radius 2 is 1.79 bits per heavy atom. The summed E-state index contributed by atoms with van der Waals surface area (Å²) in [6.07, 6.45) is -0.560.